The summed E-state index contributed by atoms with van der Waals surface area (Å²) < 4.78 is 5.70. The third-order valence-electron chi connectivity index (χ3n) is 3.44. The molecule has 1 unspecified atom stereocenters. The van der Waals surface area contributed by atoms with Crippen molar-refractivity contribution < 1.29 is 9.84 Å². The SMILES string of the molecule is CCc1ccc2c(c1)CC(C(C)(C)O)CO2. The first-order valence-corrected chi connectivity index (χ1v) is 5.97. The molecule has 2 rings (SSSR count). The van der Waals surface area contributed by atoms with E-state index in [1.54, 1.807) is 0 Å². The van der Waals surface area contributed by atoms with Crippen LogP contribution in [0.15, 0.2) is 18.2 Å². The molecule has 2 nitrogen and oxygen atoms in total. The van der Waals surface area contributed by atoms with Gasteiger partial charge in [0.1, 0.15) is 5.75 Å². The molecule has 16 heavy (non-hydrogen) atoms. The predicted molar refractivity (Wildman–Crippen MR) is 64.8 cm³/mol. The van der Waals surface area contributed by atoms with Crippen LogP contribution >= 0.6 is 0 Å². The number of hydrogen-bond donors (Lipinski definition) is 1. The molecular weight excluding hydrogens is 200 g/mol. The third-order valence-corrected chi connectivity index (χ3v) is 3.44. The molecule has 1 aromatic rings. The van der Waals surface area contributed by atoms with Gasteiger partial charge in [-0.3, -0.25) is 0 Å². The molecule has 0 saturated carbocycles. The molecule has 0 spiro atoms. The van der Waals surface area contributed by atoms with Crippen LogP contribution in [-0.2, 0) is 12.8 Å². The smallest absolute Gasteiger partial charge is 0.122 e. The second-order valence-corrected chi connectivity index (χ2v) is 5.16. The number of aryl methyl sites for hydroxylation is 1. The summed E-state index contributed by atoms with van der Waals surface area (Å²) in [5.41, 5.74) is 1.90. The van der Waals surface area contributed by atoms with Gasteiger partial charge >= 0.3 is 0 Å². The Balaban J connectivity index is 2.25. The fourth-order valence-electron chi connectivity index (χ4n) is 2.12. The molecule has 0 aliphatic carbocycles. The van der Waals surface area contributed by atoms with E-state index in [2.05, 4.69) is 25.1 Å². The van der Waals surface area contributed by atoms with E-state index < -0.39 is 5.60 Å². The number of fused-ring (bicyclic) bond motifs is 1. The van der Waals surface area contributed by atoms with Gasteiger partial charge in [-0.2, -0.15) is 0 Å². The minimum absolute atomic E-state index is 0.187. The van der Waals surface area contributed by atoms with Gasteiger partial charge in [-0.1, -0.05) is 19.1 Å². The molecule has 1 heterocycles. The number of aliphatic hydroxyl groups is 1. The summed E-state index contributed by atoms with van der Waals surface area (Å²) in [4.78, 5) is 0. The van der Waals surface area contributed by atoms with E-state index in [1.165, 1.54) is 11.1 Å². The summed E-state index contributed by atoms with van der Waals surface area (Å²) >= 11 is 0. The monoisotopic (exact) mass is 220 g/mol. The van der Waals surface area contributed by atoms with Crippen molar-refractivity contribution in [2.75, 3.05) is 6.61 Å². The lowest BCUT2D eigenvalue weighted by Gasteiger charge is -2.33. The van der Waals surface area contributed by atoms with E-state index in [-0.39, 0.29) is 5.92 Å². The van der Waals surface area contributed by atoms with Crippen LogP contribution in [0.25, 0.3) is 0 Å². The van der Waals surface area contributed by atoms with Crippen LogP contribution in [0.3, 0.4) is 0 Å². The zero-order valence-electron chi connectivity index (χ0n) is 10.3. The van der Waals surface area contributed by atoms with Crippen molar-refractivity contribution in [3.05, 3.63) is 29.3 Å². The summed E-state index contributed by atoms with van der Waals surface area (Å²) in [6, 6.07) is 6.37. The van der Waals surface area contributed by atoms with E-state index in [0.717, 1.165) is 18.6 Å². The fraction of sp³-hybridized carbons (Fsp3) is 0.571. The maximum absolute atomic E-state index is 10.0. The van der Waals surface area contributed by atoms with Gasteiger partial charge < -0.3 is 9.84 Å². The minimum atomic E-state index is -0.667. The molecule has 2 heteroatoms. The molecule has 1 atom stereocenters. The number of benzene rings is 1. The van der Waals surface area contributed by atoms with Crippen LogP contribution in [0.2, 0.25) is 0 Å². The van der Waals surface area contributed by atoms with E-state index in [0.29, 0.717) is 6.61 Å². The van der Waals surface area contributed by atoms with Crippen molar-refractivity contribution >= 4 is 0 Å². The topological polar surface area (TPSA) is 29.5 Å². The van der Waals surface area contributed by atoms with Gasteiger partial charge in [-0.25, -0.2) is 0 Å². The van der Waals surface area contributed by atoms with E-state index in [1.807, 2.05) is 13.8 Å². The largest absolute Gasteiger partial charge is 0.493 e. The van der Waals surface area contributed by atoms with Gasteiger partial charge in [0.2, 0.25) is 0 Å². The average Bonchev–Trinajstić information content (AvgIpc) is 2.26. The van der Waals surface area contributed by atoms with Crippen molar-refractivity contribution in [2.45, 2.75) is 39.2 Å². The second-order valence-electron chi connectivity index (χ2n) is 5.16. The number of ether oxygens (including phenoxy) is 1. The lowest BCUT2D eigenvalue weighted by atomic mass is 9.84. The van der Waals surface area contributed by atoms with Crippen LogP contribution in [0.5, 0.6) is 5.75 Å². The Bertz CT molecular complexity index is 377. The highest BCUT2D eigenvalue weighted by molar-refractivity contribution is 5.39. The van der Waals surface area contributed by atoms with Crippen LogP contribution in [-0.4, -0.2) is 17.3 Å². The maximum Gasteiger partial charge on any atom is 0.122 e. The molecule has 0 fully saturated rings. The van der Waals surface area contributed by atoms with E-state index in [4.69, 9.17) is 4.74 Å². The molecule has 0 aromatic heterocycles. The summed E-state index contributed by atoms with van der Waals surface area (Å²) in [6.07, 6.45) is 1.95. The van der Waals surface area contributed by atoms with Crippen molar-refractivity contribution in [3.63, 3.8) is 0 Å². The lowest BCUT2D eigenvalue weighted by Crippen LogP contribution is -2.38. The Kier molecular flexibility index (Phi) is 2.94. The first kappa shape index (κ1) is 11.5. The maximum atomic E-state index is 10.0. The molecule has 1 aromatic carbocycles. The molecular formula is C14H20O2. The van der Waals surface area contributed by atoms with Gasteiger partial charge in [0.25, 0.3) is 0 Å². The zero-order chi connectivity index (χ0) is 11.8. The molecule has 1 N–H and O–H groups in total. The number of hydrogen-bond acceptors (Lipinski definition) is 2. The Labute approximate surface area is 97.3 Å². The third kappa shape index (κ3) is 2.22. The first-order chi connectivity index (χ1) is 7.50. The summed E-state index contributed by atoms with van der Waals surface area (Å²) in [5.74, 6) is 1.17. The summed E-state index contributed by atoms with van der Waals surface area (Å²) in [6.45, 7) is 6.48. The van der Waals surface area contributed by atoms with Gasteiger partial charge in [-0.15, -0.1) is 0 Å². The number of rotatable bonds is 2. The lowest BCUT2D eigenvalue weighted by molar-refractivity contribution is -0.00986. The predicted octanol–water partition coefficient (Wildman–Crippen LogP) is 2.57. The van der Waals surface area contributed by atoms with Crippen molar-refractivity contribution in [3.8, 4) is 5.75 Å². The highest BCUT2D eigenvalue weighted by Crippen LogP contribution is 2.32. The Morgan fingerprint density at radius 1 is 1.44 bits per heavy atom. The molecule has 1 aliphatic heterocycles. The average molecular weight is 220 g/mol. The van der Waals surface area contributed by atoms with Crippen molar-refractivity contribution in [1.29, 1.82) is 0 Å². The van der Waals surface area contributed by atoms with Crippen LogP contribution in [0, 0.1) is 5.92 Å². The van der Waals surface area contributed by atoms with Gasteiger partial charge in [0.05, 0.1) is 12.2 Å². The fourth-order valence-corrected chi connectivity index (χ4v) is 2.12. The van der Waals surface area contributed by atoms with Crippen LogP contribution in [0.1, 0.15) is 31.9 Å². The molecule has 0 bridgehead atoms. The van der Waals surface area contributed by atoms with Crippen molar-refractivity contribution in [1.82, 2.24) is 0 Å². The highest BCUT2D eigenvalue weighted by atomic mass is 16.5. The normalized spacial score (nSPS) is 20.1. The van der Waals surface area contributed by atoms with Gasteiger partial charge in [0, 0.05) is 5.92 Å². The highest BCUT2D eigenvalue weighted by Gasteiger charge is 2.31. The molecule has 88 valence electrons. The molecule has 0 radical (unpaired) electrons. The Morgan fingerprint density at radius 2 is 2.19 bits per heavy atom. The summed E-state index contributed by atoms with van der Waals surface area (Å²) in [5, 5.41) is 10.0. The summed E-state index contributed by atoms with van der Waals surface area (Å²) in [7, 11) is 0. The van der Waals surface area contributed by atoms with Crippen LogP contribution < -0.4 is 4.74 Å². The molecule has 0 amide bonds. The van der Waals surface area contributed by atoms with Gasteiger partial charge in [-0.05, 0) is 43.9 Å². The quantitative estimate of drug-likeness (QED) is 0.830. The minimum Gasteiger partial charge on any atom is -0.493 e. The zero-order valence-corrected chi connectivity index (χ0v) is 10.3. The van der Waals surface area contributed by atoms with Crippen molar-refractivity contribution in [2.24, 2.45) is 5.92 Å². The van der Waals surface area contributed by atoms with Gasteiger partial charge in [0.15, 0.2) is 0 Å². The van der Waals surface area contributed by atoms with E-state index in [9.17, 15) is 5.11 Å². The second kappa shape index (κ2) is 4.10. The standard InChI is InChI=1S/C14H20O2/c1-4-10-5-6-13-11(7-10)8-12(9-16-13)14(2,3)15/h5-7,12,15H,4,8-9H2,1-3H3. The Morgan fingerprint density at radius 3 is 2.81 bits per heavy atom. The molecule has 0 saturated heterocycles. The molecule has 1 aliphatic rings. The van der Waals surface area contributed by atoms with E-state index >= 15 is 0 Å². The Hall–Kier alpha value is -1.02. The first-order valence-electron chi connectivity index (χ1n) is 5.97. The van der Waals surface area contributed by atoms with Crippen LogP contribution in [0.4, 0.5) is 0 Å².